The molecule has 0 aromatic heterocycles. The van der Waals surface area contributed by atoms with Crippen molar-refractivity contribution in [3.05, 3.63) is 65.2 Å². The predicted molar refractivity (Wildman–Crippen MR) is 92.8 cm³/mol. The predicted octanol–water partition coefficient (Wildman–Crippen LogP) is 1.14. The summed E-state index contributed by atoms with van der Waals surface area (Å²) < 4.78 is 5.05. The van der Waals surface area contributed by atoms with Crippen molar-refractivity contribution in [3.8, 4) is 5.75 Å². The molecule has 0 saturated carbocycles. The molecular weight excluding hydrogens is 336 g/mol. The van der Waals surface area contributed by atoms with Gasteiger partial charge in [-0.3, -0.25) is 19.3 Å². The van der Waals surface area contributed by atoms with Crippen LogP contribution in [0.5, 0.6) is 5.75 Å². The Kier molecular flexibility index (Phi) is 4.99. The van der Waals surface area contributed by atoms with E-state index in [1.165, 1.54) is 0 Å². The molecule has 1 heterocycles. The van der Waals surface area contributed by atoms with Crippen LogP contribution >= 0.6 is 0 Å². The third kappa shape index (κ3) is 3.43. The molecule has 2 aromatic rings. The first-order valence-electron chi connectivity index (χ1n) is 8.05. The number of nitrogens with zero attached hydrogens (tertiary/aromatic N) is 1. The van der Waals surface area contributed by atoms with Gasteiger partial charge in [0.15, 0.2) is 0 Å². The first kappa shape index (κ1) is 17.6. The van der Waals surface area contributed by atoms with E-state index in [1.54, 1.807) is 55.6 Å². The lowest BCUT2D eigenvalue weighted by Crippen LogP contribution is -2.41. The average Bonchev–Trinajstić information content (AvgIpc) is 2.91. The van der Waals surface area contributed by atoms with Crippen LogP contribution in [0, 0.1) is 0 Å². The Bertz CT molecular complexity index is 812. The highest BCUT2D eigenvalue weighted by Gasteiger charge is 2.36. The number of carbonyl (C=O) groups excluding carboxylic acids is 3. The Hall–Kier alpha value is -3.19. The number of imide groups is 1. The highest BCUT2D eigenvalue weighted by atomic mass is 16.5. The van der Waals surface area contributed by atoms with Gasteiger partial charge in [-0.05, 0) is 29.8 Å². The van der Waals surface area contributed by atoms with Crippen molar-refractivity contribution in [1.29, 1.82) is 0 Å². The third-order valence-electron chi connectivity index (χ3n) is 4.17. The van der Waals surface area contributed by atoms with Crippen LogP contribution in [0.2, 0.25) is 0 Å². The molecule has 2 aromatic carbocycles. The van der Waals surface area contributed by atoms with Gasteiger partial charge in [-0.2, -0.15) is 0 Å². The van der Waals surface area contributed by atoms with Gasteiger partial charge in [0.1, 0.15) is 12.3 Å². The second kappa shape index (κ2) is 7.37. The summed E-state index contributed by atoms with van der Waals surface area (Å²) in [5, 5.41) is 12.7. The number of benzene rings is 2. The number of ether oxygens (including phenoxy) is 1. The molecule has 7 nitrogen and oxygen atoms in total. The zero-order valence-corrected chi connectivity index (χ0v) is 14.1. The molecule has 0 spiro atoms. The molecule has 26 heavy (non-hydrogen) atoms. The van der Waals surface area contributed by atoms with Crippen molar-refractivity contribution in [1.82, 2.24) is 10.2 Å². The fraction of sp³-hybridized carbons (Fsp3) is 0.211. The number of rotatable bonds is 6. The molecule has 0 fully saturated rings. The normalized spacial score (nSPS) is 14.2. The van der Waals surface area contributed by atoms with E-state index in [0.717, 1.165) is 4.90 Å². The lowest BCUT2D eigenvalue weighted by atomic mass is 10.1. The molecule has 7 heteroatoms. The summed E-state index contributed by atoms with van der Waals surface area (Å²) in [7, 11) is 1.55. The Morgan fingerprint density at radius 3 is 2.19 bits per heavy atom. The zero-order valence-electron chi connectivity index (χ0n) is 14.1. The average molecular weight is 354 g/mol. The second-order valence-electron chi connectivity index (χ2n) is 5.84. The number of amides is 3. The van der Waals surface area contributed by atoms with Gasteiger partial charge in [0.05, 0.1) is 24.3 Å². The molecule has 0 bridgehead atoms. The first-order valence-corrected chi connectivity index (χ1v) is 8.05. The van der Waals surface area contributed by atoms with Crippen LogP contribution in [0.3, 0.4) is 0 Å². The topological polar surface area (TPSA) is 95.9 Å². The van der Waals surface area contributed by atoms with Crippen molar-refractivity contribution in [2.24, 2.45) is 0 Å². The fourth-order valence-corrected chi connectivity index (χ4v) is 2.74. The quantitative estimate of drug-likeness (QED) is 0.759. The van der Waals surface area contributed by atoms with E-state index in [9.17, 15) is 19.5 Å². The molecule has 0 saturated heterocycles. The van der Waals surface area contributed by atoms with Crippen molar-refractivity contribution in [2.75, 3.05) is 20.2 Å². The Morgan fingerprint density at radius 2 is 1.65 bits per heavy atom. The summed E-state index contributed by atoms with van der Waals surface area (Å²) in [6.07, 6.45) is -0.910. The molecule has 3 amide bonds. The third-order valence-corrected chi connectivity index (χ3v) is 4.17. The van der Waals surface area contributed by atoms with Crippen LogP contribution in [0.4, 0.5) is 0 Å². The van der Waals surface area contributed by atoms with Crippen molar-refractivity contribution < 1.29 is 24.2 Å². The smallest absolute Gasteiger partial charge is 0.262 e. The number of hydrogen-bond donors (Lipinski definition) is 2. The van der Waals surface area contributed by atoms with Crippen molar-refractivity contribution in [3.63, 3.8) is 0 Å². The van der Waals surface area contributed by atoms with Crippen LogP contribution in [0.15, 0.2) is 48.5 Å². The highest BCUT2D eigenvalue weighted by molar-refractivity contribution is 6.22. The molecule has 1 aliphatic heterocycles. The Balaban J connectivity index is 1.56. The number of nitrogens with one attached hydrogen (secondary N) is 1. The molecule has 2 N–H and O–H groups in total. The van der Waals surface area contributed by atoms with Gasteiger partial charge in [-0.15, -0.1) is 0 Å². The summed E-state index contributed by atoms with van der Waals surface area (Å²) in [5.41, 5.74) is 1.21. The van der Waals surface area contributed by atoms with Crippen LogP contribution in [-0.4, -0.2) is 47.9 Å². The minimum Gasteiger partial charge on any atom is -0.497 e. The maximum absolute atomic E-state index is 12.2. The van der Waals surface area contributed by atoms with E-state index in [2.05, 4.69) is 5.32 Å². The monoisotopic (exact) mass is 354 g/mol. The summed E-state index contributed by atoms with van der Waals surface area (Å²) in [4.78, 5) is 37.4. The van der Waals surface area contributed by atoms with Gasteiger partial charge in [0, 0.05) is 6.54 Å². The number of carbonyl (C=O) groups is 3. The first-order chi connectivity index (χ1) is 12.5. The largest absolute Gasteiger partial charge is 0.497 e. The van der Waals surface area contributed by atoms with E-state index in [-0.39, 0.29) is 13.1 Å². The number of aliphatic hydroxyl groups is 1. The molecule has 0 aliphatic carbocycles. The van der Waals surface area contributed by atoms with Gasteiger partial charge in [-0.1, -0.05) is 24.3 Å². The van der Waals surface area contributed by atoms with Gasteiger partial charge in [0.2, 0.25) is 5.91 Å². The van der Waals surface area contributed by atoms with Crippen molar-refractivity contribution >= 4 is 17.7 Å². The van der Waals surface area contributed by atoms with Crippen LogP contribution in [0.1, 0.15) is 32.4 Å². The maximum atomic E-state index is 12.2. The number of methoxy groups -OCH3 is 1. The number of fused-ring (bicyclic) bond motifs is 1. The van der Waals surface area contributed by atoms with Gasteiger partial charge < -0.3 is 15.2 Å². The van der Waals surface area contributed by atoms with Gasteiger partial charge in [0.25, 0.3) is 11.8 Å². The minimum atomic E-state index is -0.910. The summed E-state index contributed by atoms with van der Waals surface area (Å²) in [6.45, 7) is -0.421. The number of hydrogen-bond acceptors (Lipinski definition) is 5. The molecule has 134 valence electrons. The maximum Gasteiger partial charge on any atom is 0.262 e. The van der Waals surface area contributed by atoms with Crippen LogP contribution < -0.4 is 10.1 Å². The fourth-order valence-electron chi connectivity index (χ4n) is 2.74. The zero-order chi connectivity index (χ0) is 18.7. The van der Waals surface area contributed by atoms with E-state index in [4.69, 9.17) is 4.74 Å². The molecule has 1 aliphatic rings. The molecule has 0 radical (unpaired) electrons. The molecule has 1 unspecified atom stereocenters. The Labute approximate surface area is 150 Å². The van der Waals surface area contributed by atoms with Gasteiger partial charge in [-0.25, -0.2) is 0 Å². The van der Waals surface area contributed by atoms with Crippen LogP contribution in [0.25, 0.3) is 0 Å². The van der Waals surface area contributed by atoms with E-state index < -0.39 is 23.8 Å². The summed E-state index contributed by atoms with van der Waals surface area (Å²) >= 11 is 0. The molecular formula is C19H18N2O5. The highest BCUT2D eigenvalue weighted by Crippen LogP contribution is 2.22. The van der Waals surface area contributed by atoms with E-state index >= 15 is 0 Å². The summed E-state index contributed by atoms with van der Waals surface area (Å²) in [5.74, 6) is -0.837. The lowest BCUT2D eigenvalue weighted by molar-refractivity contribution is -0.121. The van der Waals surface area contributed by atoms with E-state index in [0.29, 0.717) is 22.4 Å². The minimum absolute atomic E-state index is 0.0334. The second-order valence-corrected chi connectivity index (χ2v) is 5.84. The molecule has 1 atom stereocenters. The molecule has 3 rings (SSSR count). The Morgan fingerprint density at radius 1 is 1.08 bits per heavy atom. The lowest BCUT2D eigenvalue weighted by Gasteiger charge is -2.16. The van der Waals surface area contributed by atoms with E-state index in [1.807, 2.05) is 0 Å². The summed E-state index contributed by atoms with van der Waals surface area (Å²) in [6, 6.07) is 13.2. The standard InChI is InChI=1S/C19H18N2O5/c1-26-13-8-6-12(7-9-13)16(22)10-20-17(23)11-21-18(24)14-4-2-3-5-15(14)19(21)25/h2-9,16,22H,10-11H2,1H3,(H,20,23). The van der Waals surface area contributed by atoms with Crippen molar-refractivity contribution in [2.45, 2.75) is 6.10 Å². The van der Waals surface area contributed by atoms with Crippen LogP contribution in [-0.2, 0) is 4.79 Å². The van der Waals surface area contributed by atoms with Gasteiger partial charge >= 0.3 is 0 Å². The SMILES string of the molecule is COc1ccc(C(O)CNC(=O)CN2C(=O)c3ccccc3C2=O)cc1. The number of aliphatic hydroxyl groups excluding tert-OH is 1.